The van der Waals surface area contributed by atoms with Gasteiger partial charge in [-0.2, -0.15) is 0 Å². The van der Waals surface area contributed by atoms with Crippen molar-refractivity contribution in [2.75, 3.05) is 32.2 Å². The SMILES string of the molecule is CN=C/C(=C\N)c1ccc(CNc2cc(-c3cnc4cc(OCCC5(N)COC5)ccn34)ncn2)cc1. The number of ether oxygens (including phenoxy) is 2. The number of rotatable bonds is 10. The molecule has 0 unspecified atom stereocenters. The molecule has 37 heavy (non-hydrogen) atoms. The third-order valence-corrected chi connectivity index (χ3v) is 6.27. The lowest BCUT2D eigenvalue weighted by atomic mass is 9.95. The Morgan fingerprint density at radius 3 is 2.76 bits per heavy atom. The van der Waals surface area contributed by atoms with Crippen LogP contribution in [0.15, 0.2) is 72.4 Å². The van der Waals surface area contributed by atoms with E-state index in [0.717, 1.165) is 51.7 Å². The van der Waals surface area contributed by atoms with Crippen LogP contribution in [0.25, 0.3) is 22.6 Å². The van der Waals surface area contributed by atoms with Gasteiger partial charge in [0.05, 0.1) is 42.9 Å². The first-order valence-corrected chi connectivity index (χ1v) is 12.0. The van der Waals surface area contributed by atoms with E-state index >= 15 is 0 Å². The van der Waals surface area contributed by atoms with Gasteiger partial charge in [0.25, 0.3) is 0 Å². The number of nitrogens with zero attached hydrogens (tertiary/aromatic N) is 5. The molecule has 1 aliphatic rings. The van der Waals surface area contributed by atoms with Crippen molar-refractivity contribution in [2.24, 2.45) is 16.5 Å². The van der Waals surface area contributed by atoms with Crippen molar-refractivity contribution in [3.63, 3.8) is 0 Å². The number of allylic oxidation sites excluding steroid dienone is 1. The molecule has 1 aromatic carbocycles. The van der Waals surface area contributed by atoms with E-state index in [1.807, 2.05) is 40.9 Å². The van der Waals surface area contributed by atoms with Gasteiger partial charge in [-0.15, -0.1) is 0 Å². The van der Waals surface area contributed by atoms with Gasteiger partial charge in [0.2, 0.25) is 0 Å². The van der Waals surface area contributed by atoms with Gasteiger partial charge in [0, 0.05) is 56.3 Å². The zero-order chi connectivity index (χ0) is 25.7. The highest BCUT2D eigenvalue weighted by atomic mass is 16.5. The van der Waals surface area contributed by atoms with E-state index in [-0.39, 0.29) is 5.54 Å². The highest BCUT2D eigenvalue weighted by Crippen LogP contribution is 2.24. The molecule has 3 aromatic heterocycles. The van der Waals surface area contributed by atoms with Crippen molar-refractivity contribution in [1.29, 1.82) is 0 Å². The van der Waals surface area contributed by atoms with Gasteiger partial charge >= 0.3 is 0 Å². The maximum Gasteiger partial charge on any atom is 0.140 e. The third-order valence-electron chi connectivity index (χ3n) is 6.27. The minimum atomic E-state index is -0.262. The molecular formula is C27H30N8O2. The first kappa shape index (κ1) is 24.4. The fraction of sp³-hybridized carbons (Fsp3) is 0.259. The summed E-state index contributed by atoms with van der Waals surface area (Å²) in [6.45, 7) is 2.32. The molecule has 0 radical (unpaired) electrons. The molecule has 10 nitrogen and oxygen atoms in total. The molecule has 0 spiro atoms. The van der Waals surface area contributed by atoms with E-state index in [2.05, 4.69) is 37.4 Å². The number of hydrogen-bond donors (Lipinski definition) is 3. The van der Waals surface area contributed by atoms with Crippen molar-refractivity contribution < 1.29 is 9.47 Å². The molecular weight excluding hydrogens is 468 g/mol. The monoisotopic (exact) mass is 498 g/mol. The van der Waals surface area contributed by atoms with Gasteiger partial charge in [0.15, 0.2) is 0 Å². The molecule has 1 fully saturated rings. The molecule has 190 valence electrons. The molecule has 10 heteroatoms. The first-order chi connectivity index (χ1) is 18.1. The molecule has 0 saturated carbocycles. The number of aliphatic imine (C=N–C) groups is 1. The summed E-state index contributed by atoms with van der Waals surface area (Å²) in [7, 11) is 1.72. The maximum atomic E-state index is 6.17. The lowest BCUT2D eigenvalue weighted by molar-refractivity contribution is -0.0616. The Kier molecular flexibility index (Phi) is 7.11. The number of imidazole rings is 1. The Morgan fingerprint density at radius 1 is 1.19 bits per heavy atom. The quantitative estimate of drug-likeness (QED) is 0.284. The van der Waals surface area contributed by atoms with E-state index in [4.69, 9.17) is 20.9 Å². The van der Waals surface area contributed by atoms with Crippen LogP contribution < -0.4 is 21.5 Å². The Labute approximate surface area is 215 Å². The van der Waals surface area contributed by atoms with E-state index in [9.17, 15) is 0 Å². The number of hydrogen-bond acceptors (Lipinski definition) is 9. The van der Waals surface area contributed by atoms with Crippen LogP contribution >= 0.6 is 0 Å². The van der Waals surface area contributed by atoms with Gasteiger partial charge in [-0.1, -0.05) is 24.3 Å². The zero-order valence-electron chi connectivity index (χ0n) is 20.7. The van der Waals surface area contributed by atoms with Crippen molar-refractivity contribution in [3.05, 3.63) is 78.5 Å². The van der Waals surface area contributed by atoms with Crippen LogP contribution in [0.3, 0.4) is 0 Å². The Bertz CT molecular complexity index is 1420. The van der Waals surface area contributed by atoms with Crippen molar-refractivity contribution >= 4 is 23.3 Å². The number of pyridine rings is 1. The highest BCUT2D eigenvalue weighted by molar-refractivity contribution is 6.09. The number of aromatic nitrogens is 4. The van der Waals surface area contributed by atoms with E-state index < -0.39 is 0 Å². The second kappa shape index (κ2) is 10.8. The van der Waals surface area contributed by atoms with Gasteiger partial charge in [-0.3, -0.25) is 9.39 Å². The number of benzene rings is 1. The lowest BCUT2D eigenvalue weighted by Gasteiger charge is -2.37. The standard InChI is InChI=1S/C27H30N8O2/c1-30-14-21(12-28)20-4-2-19(3-5-20)13-31-25-11-23(33-18-34-25)24-15-32-26-10-22(6-8-35(24)26)37-9-7-27(29)16-36-17-27/h2-6,8,10-12,14-15,18H,7,9,13,16-17,28-29H2,1H3,(H,31,33,34)/b21-12+,30-14?. The van der Waals surface area contributed by atoms with E-state index in [0.29, 0.717) is 26.4 Å². The summed E-state index contributed by atoms with van der Waals surface area (Å²) in [4.78, 5) is 17.4. The summed E-state index contributed by atoms with van der Waals surface area (Å²) in [5.74, 6) is 1.47. The van der Waals surface area contributed by atoms with Gasteiger partial charge in [-0.05, 0) is 17.2 Å². The second-order valence-electron chi connectivity index (χ2n) is 9.04. The van der Waals surface area contributed by atoms with Gasteiger partial charge < -0.3 is 26.3 Å². The van der Waals surface area contributed by atoms with Crippen LogP contribution in [-0.4, -0.2) is 58.0 Å². The molecule has 0 bridgehead atoms. The molecule has 1 saturated heterocycles. The van der Waals surface area contributed by atoms with E-state index in [1.165, 1.54) is 0 Å². The Hall–Kier alpha value is -4.28. The largest absolute Gasteiger partial charge is 0.493 e. The summed E-state index contributed by atoms with van der Waals surface area (Å²) in [6.07, 6.45) is 9.32. The first-order valence-electron chi connectivity index (χ1n) is 12.0. The zero-order valence-corrected chi connectivity index (χ0v) is 20.7. The third kappa shape index (κ3) is 5.60. The topological polar surface area (TPSA) is 138 Å². The molecule has 4 aromatic rings. The molecule has 0 atom stereocenters. The molecule has 5 N–H and O–H groups in total. The van der Waals surface area contributed by atoms with Crippen molar-refractivity contribution in [2.45, 2.75) is 18.5 Å². The van der Waals surface area contributed by atoms with Crippen LogP contribution in [-0.2, 0) is 11.3 Å². The Morgan fingerprint density at radius 2 is 2.03 bits per heavy atom. The molecule has 0 amide bonds. The molecule has 1 aliphatic heterocycles. The van der Waals surface area contributed by atoms with Gasteiger partial charge in [-0.25, -0.2) is 15.0 Å². The van der Waals surface area contributed by atoms with Gasteiger partial charge in [0.1, 0.15) is 23.5 Å². The predicted octanol–water partition coefficient (Wildman–Crippen LogP) is 2.90. The van der Waals surface area contributed by atoms with Crippen LogP contribution in [0.4, 0.5) is 5.82 Å². The summed E-state index contributed by atoms with van der Waals surface area (Å²) < 4.78 is 13.1. The highest BCUT2D eigenvalue weighted by Gasteiger charge is 2.33. The molecule has 4 heterocycles. The van der Waals surface area contributed by atoms with Crippen LogP contribution in [0.2, 0.25) is 0 Å². The fourth-order valence-electron chi connectivity index (χ4n) is 4.08. The number of nitrogens with two attached hydrogens (primary N) is 2. The summed E-state index contributed by atoms with van der Waals surface area (Å²) in [6, 6.07) is 13.9. The smallest absolute Gasteiger partial charge is 0.140 e. The number of fused-ring (bicyclic) bond motifs is 1. The molecule has 5 rings (SSSR count). The fourth-order valence-corrected chi connectivity index (χ4v) is 4.08. The average Bonchev–Trinajstić information content (AvgIpc) is 3.33. The maximum absolute atomic E-state index is 6.17. The summed E-state index contributed by atoms with van der Waals surface area (Å²) >= 11 is 0. The van der Waals surface area contributed by atoms with Crippen LogP contribution in [0.1, 0.15) is 17.5 Å². The molecule has 0 aliphatic carbocycles. The van der Waals surface area contributed by atoms with E-state index in [1.54, 1.807) is 32.0 Å². The summed E-state index contributed by atoms with van der Waals surface area (Å²) in [5, 5.41) is 3.37. The number of anilines is 1. The number of nitrogens with one attached hydrogen (secondary N) is 1. The van der Waals surface area contributed by atoms with Crippen LogP contribution in [0.5, 0.6) is 5.75 Å². The minimum Gasteiger partial charge on any atom is -0.493 e. The summed E-state index contributed by atoms with van der Waals surface area (Å²) in [5.41, 5.74) is 17.0. The second-order valence-corrected chi connectivity index (χ2v) is 9.04. The predicted molar refractivity (Wildman–Crippen MR) is 144 cm³/mol. The normalized spacial score (nSPS) is 15.1. The Balaban J connectivity index is 1.24. The lowest BCUT2D eigenvalue weighted by Crippen LogP contribution is -2.58. The minimum absolute atomic E-state index is 0.262. The average molecular weight is 499 g/mol. The van der Waals surface area contributed by atoms with Crippen LogP contribution in [0, 0.1) is 0 Å². The van der Waals surface area contributed by atoms with Crippen molar-refractivity contribution in [1.82, 2.24) is 19.4 Å². The van der Waals surface area contributed by atoms with Crippen molar-refractivity contribution in [3.8, 4) is 17.1 Å².